The molecule has 0 radical (unpaired) electrons. The highest BCUT2D eigenvalue weighted by Gasteiger charge is 2.27. The fourth-order valence-electron chi connectivity index (χ4n) is 2.46. The molecular formula is C15H16N4O2. The molecule has 1 saturated heterocycles. The summed E-state index contributed by atoms with van der Waals surface area (Å²) in [5.74, 6) is -0.324. The fourth-order valence-corrected chi connectivity index (χ4v) is 2.46. The molecule has 2 aromatic heterocycles. The molecule has 6 heteroatoms. The van der Waals surface area contributed by atoms with Gasteiger partial charge in [-0.25, -0.2) is 4.98 Å². The summed E-state index contributed by atoms with van der Waals surface area (Å²) in [7, 11) is 0. The Morgan fingerprint density at radius 1 is 1.29 bits per heavy atom. The van der Waals surface area contributed by atoms with E-state index in [1.807, 2.05) is 12.1 Å². The average Bonchev–Trinajstić information content (AvgIpc) is 2.56. The predicted octanol–water partition coefficient (Wildman–Crippen LogP) is 0.969. The third-order valence-corrected chi connectivity index (χ3v) is 3.56. The van der Waals surface area contributed by atoms with Gasteiger partial charge in [-0.1, -0.05) is 0 Å². The Morgan fingerprint density at radius 2 is 2.10 bits per heavy atom. The summed E-state index contributed by atoms with van der Waals surface area (Å²) in [6, 6.07) is 7.01. The molecule has 6 nitrogen and oxygen atoms in total. The van der Waals surface area contributed by atoms with Gasteiger partial charge in [0.25, 0.3) is 5.91 Å². The number of rotatable bonds is 2. The Labute approximate surface area is 122 Å². The molecule has 0 aromatic carbocycles. The second kappa shape index (κ2) is 5.88. The molecule has 0 aliphatic carbocycles. The lowest BCUT2D eigenvalue weighted by molar-refractivity contribution is 0.0693. The number of nitrogens with zero attached hydrogens (tertiary/aromatic N) is 3. The van der Waals surface area contributed by atoms with Gasteiger partial charge in [0.1, 0.15) is 5.75 Å². The first-order valence-corrected chi connectivity index (χ1v) is 6.82. The van der Waals surface area contributed by atoms with Gasteiger partial charge in [0.05, 0.1) is 6.04 Å². The average molecular weight is 284 g/mol. The minimum atomic E-state index is -0.242. The monoisotopic (exact) mass is 284 g/mol. The Balaban J connectivity index is 1.77. The van der Waals surface area contributed by atoms with E-state index in [0.29, 0.717) is 19.6 Å². The van der Waals surface area contributed by atoms with Crippen molar-refractivity contribution in [3.05, 3.63) is 54.1 Å². The normalized spacial score (nSPS) is 18.5. The molecule has 1 aliphatic heterocycles. The van der Waals surface area contributed by atoms with E-state index in [1.54, 1.807) is 23.4 Å². The van der Waals surface area contributed by atoms with Gasteiger partial charge in [-0.2, -0.15) is 0 Å². The van der Waals surface area contributed by atoms with Crippen LogP contribution in [0.25, 0.3) is 0 Å². The van der Waals surface area contributed by atoms with Crippen molar-refractivity contribution >= 4 is 5.91 Å². The van der Waals surface area contributed by atoms with Crippen LogP contribution >= 0.6 is 0 Å². The molecule has 0 spiro atoms. The number of hydrogen-bond acceptors (Lipinski definition) is 5. The van der Waals surface area contributed by atoms with E-state index in [-0.39, 0.29) is 23.4 Å². The van der Waals surface area contributed by atoms with Gasteiger partial charge < -0.3 is 15.3 Å². The van der Waals surface area contributed by atoms with Crippen LogP contribution in [0.2, 0.25) is 0 Å². The third kappa shape index (κ3) is 2.85. The van der Waals surface area contributed by atoms with Crippen LogP contribution in [0.1, 0.15) is 22.1 Å². The van der Waals surface area contributed by atoms with Crippen LogP contribution in [-0.2, 0) is 0 Å². The lowest BCUT2D eigenvalue weighted by Gasteiger charge is -2.33. The second-order valence-electron chi connectivity index (χ2n) is 4.91. The smallest absolute Gasteiger partial charge is 0.276 e. The molecule has 0 saturated carbocycles. The molecule has 1 aliphatic rings. The zero-order valence-corrected chi connectivity index (χ0v) is 11.4. The van der Waals surface area contributed by atoms with Crippen molar-refractivity contribution in [1.29, 1.82) is 0 Å². The van der Waals surface area contributed by atoms with Crippen LogP contribution in [0.3, 0.4) is 0 Å². The van der Waals surface area contributed by atoms with Crippen LogP contribution in [0, 0.1) is 0 Å². The summed E-state index contributed by atoms with van der Waals surface area (Å²) in [6.07, 6.45) is 4.99. The summed E-state index contributed by atoms with van der Waals surface area (Å²) < 4.78 is 0. The highest BCUT2D eigenvalue weighted by molar-refractivity contribution is 5.94. The van der Waals surface area contributed by atoms with Gasteiger partial charge in [-0.15, -0.1) is 0 Å². The highest BCUT2D eigenvalue weighted by Crippen LogP contribution is 2.20. The SMILES string of the molecule is O=C(c1ncccc1O)N1CCNC(c2ccncc2)C1. The van der Waals surface area contributed by atoms with Gasteiger partial charge in [0, 0.05) is 38.2 Å². The fraction of sp³-hybridized carbons (Fsp3) is 0.267. The first kappa shape index (κ1) is 13.5. The quantitative estimate of drug-likeness (QED) is 0.859. The second-order valence-corrected chi connectivity index (χ2v) is 4.91. The van der Waals surface area contributed by atoms with E-state index in [1.165, 1.54) is 12.3 Å². The van der Waals surface area contributed by atoms with Crippen molar-refractivity contribution < 1.29 is 9.90 Å². The summed E-state index contributed by atoms with van der Waals surface area (Å²) in [4.78, 5) is 22.2. The first-order valence-electron chi connectivity index (χ1n) is 6.82. The minimum Gasteiger partial charge on any atom is -0.505 e. The molecule has 1 unspecified atom stereocenters. The molecule has 1 atom stereocenters. The number of hydrogen-bond donors (Lipinski definition) is 2. The molecule has 3 rings (SSSR count). The number of piperazine rings is 1. The Morgan fingerprint density at radius 3 is 2.86 bits per heavy atom. The van der Waals surface area contributed by atoms with Gasteiger partial charge in [0.15, 0.2) is 5.69 Å². The molecular weight excluding hydrogens is 268 g/mol. The number of nitrogens with one attached hydrogen (secondary N) is 1. The van der Waals surface area contributed by atoms with Crippen molar-refractivity contribution in [2.24, 2.45) is 0 Å². The van der Waals surface area contributed by atoms with Gasteiger partial charge in [-0.3, -0.25) is 9.78 Å². The van der Waals surface area contributed by atoms with Gasteiger partial charge >= 0.3 is 0 Å². The van der Waals surface area contributed by atoms with Crippen LogP contribution in [0.5, 0.6) is 5.75 Å². The van der Waals surface area contributed by atoms with Gasteiger partial charge in [-0.05, 0) is 29.8 Å². The van der Waals surface area contributed by atoms with Crippen molar-refractivity contribution in [3.63, 3.8) is 0 Å². The summed E-state index contributed by atoms with van der Waals surface area (Å²) in [5, 5.41) is 13.1. The van der Waals surface area contributed by atoms with E-state index in [2.05, 4.69) is 15.3 Å². The van der Waals surface area contributed by atoms with Crippen LogP contribution in [0.4, 0.5) is 0 Å². The maximum Gasteiger partial charge on any atom is 0.276 e. The van der Waals surface area contributed by atoms with Gasteiger partial charge in [0.2, 0.25) is 0 Å². The van der Waals surface area contributed by atoms with Crippen molar-refractivity contribution in [2.75, 3.05) is 19.6 Å². The maximum atomic E-state index is 12.5. The van der Waals surface area contributed by atoms with E-state index in [0.717, 1.165) is 5.56 Å². The first-order chi connectivity index (χ1) is 10.3. The van der Waals surface area contributed by atoms with Crippen LogP contribution in [0.15, 0.2) is 42.9 Å². The molecule has 1 fully saturated rings. The predicted molar refractivity (Wildman–Crippen MR) is 76.8 cm³/mol. The molecule has 3 heterocycles. The van der Waals surface area contributed by atoms with E-state index < -0.39 is 0 Å². The summed E-state index contributed by atoms with van der Waals surface area (Å²) in [5.41, 5.74) is 1.20. The van der Waals surface area contributed by atoms with Crippen molar-refractivity contribution in [3.8, 4) is 5.75 Å². The van der Waals surface area contributed by atoms with E-state index >= 15 is 0 Å². The number of amides is 1. The lowest BCUT2D eigenvalue weighted by Crippen LogP contribution is -2.48. The third-order valence-electron chi connectivity index (χ3n) is 3.56. The van der Waals surface area contributed by atoms with Crippen molar-refractivity contribution in [1.82, 2.24) is 20.2 Å². The van der Waals surface area contributed by atoms with E-state index in [9.17, 15) is 9.90 Å². The van der Waals surface area contributed by atoms with Crippen LogP contribution < -0.4 is 5.32 Å². The zero-order valence-electron chi connectivity index (χ0n) is 11.4. The number of aromatic hydroxyl groups is 1. The Kier molecular flexibility index (Phi) is 3.79. The minimum absolute atomic E-state index is 0.0663. The number of carbonyl (C=O) groups excluding carboxylic acids is 1. The number of carbonyl (C=O) groups is 1. The lowest BCUT2D eigenvalue weighted by atomic mass is 10.1. The topological polar surface area (TPSA) is 78.3 Å². The zero-order chi connectivity index (χ0) is 14.7. The number of aromatic nitrogens is 2. The summed E-state index contributed by atoms with van der Waals surface area (Å²) >= 11 is 0. The van der Waals surface area contributed by atoms with Crippen LogP contribution in [-0.4, -0.2) is 45.5 Å². The standard InChI is InChI=1S/C15H16N4O2/c20-13-2-1-5-18-14(13)15(21)19-9-8-17-12(10-19)11-3-6-16-7-4-11/h1-7,12,17,20H,8-10H2. The maximum absolute atomic E-state index is 12.5. The van der Waals surface area contributed by atoms with Crippen molar-refractivity contribution in [2.45, 2.75) is 6.04 Å². The molecule has 1 amide bonds. The molecule has 2 aromatic rings. The summed E-state index contributed by atoms with van der Waals surface area (Å²) in [6.45, 7) is 1.83. The highest BCUT2D eigenvalue weighted by atomic mass is 16.3. The largest absolute Gasteiger partial charge is 0.505 e. The molecule has 108 valence electrons. The van der Waals surface area contributed by atoms with E-state index in [4.69, 9.17) is 0 Å². The number of pyridine rings is 2. The molecule has 0 bridgehead atoms. The Bertz CT molecular complexity index is 633. The molecule has 2 N–H and O–H groups in total. The molecule has 21 heavy (non-hydrogen) atoms. The Hall–Kier alpha value is -2.47.